The molecule has 2 N–H and O–H groups in total. The van der Waals surface area contributed by atoms with Gasteiger partial charge in [0, 0.05) is 12.6 Å². The van der Waals surface area contributed by atoms with Crippen LogP contribution in [-0.4, -0.2) is 35.6 Å². The number of amides is 1. The predicted octanol–water partition coefficient (Wildman–Crippen LogP) is 1.28. The Bertz CT molecular complexity index is 242. The normalized spacial score (nSPS) is 25.5. The van der Waals surface area contributed by atoms with Gasteiger partial charge in [0.15, 0.2) is 0 Å². The summed E-state index contributed by atoms with van der Waals surface area (Å²) in [6, 6.07) is -1.45. The van der Waals surface area contributed by atoms with Crippen LogP contribution >= 0.6 is 0 Å². The van der Waals surface area contributed by atoms with Gasteiger partial charge in [-0.15, -0.1) is 0 Å². The van der Waals surface area contributed by atoms with Crippen molar-refractivity contribution in [2.75, 3.05) is 6.54 Å². The highest BCUT2D eigenvalue weighted by atomic mass is 19.4. The number of rotatable bonds is 2. The molecule has 15 heavy (non-hydrogen) atoms. The van der Waals surface area contributed by atoms with E-state index in [2.05, 4.69) is 0 Å². The molecule has 1 fully saturated rings. The van der Waals surface area contributed by atoms with Crippen LogP contribution < -0.4 is 5.73 Å². The average Bonchev–Trinajstić information content (AvgIpc) is 2.06. The van der Waals surface area contributed by atoms with E-state index in [9.17, 15) is 18.0 Å². The minimum Gasteiger partial charge on any atom is -0.338 e. The van der Waals surface area contributed by atoms with Crippen LogP contribution in [-0.2, 0) is 4.79 Å². The van der Waals surface area contributed by atoms with Gasteiger partial charge in [-0.05, 0) is 19.8 Å². The molecule has 1 aliphatic rings. The van der Waals surface area contributed by atoms with Gasteiger partial charge >= 0.3 is 6.18 Å². The molecule has 0 aromatic heterocycles. The Morgan fingerprint density at radius 3 is 2.73 bits per heavy atom. The van der Waals surface area contributed by atoms with Crippen LogP contribution in [0.1, 0.15) is 26.2 Å². The Balaban J connectivity index is 2.58. The van der Waals surface area contributed by atoms with E-state index in [0.717, 1.165) is 0 Å². The topological polar surface area (TPSA) is 46.3 Å². The molecule has 3 nitrogen and oxygen atoms in total. The van der Waals surface area contributed by atoms with Gasteiger partial charge in [-0.3, -0.25) is 4.79 Å². The average molecular weight is 224 g/mol. The molecular weight excluding hydrogens is 209 g/mol. The van der Waals surface area contributed by atoms with Gasteiger partial charge < -0.3 is 10.6 Å². The molecule has 1 amide bonds. The third-order valence-electron chi connectivity index (χ3n) is 2.57. The fraction of sp³-hybridized carbons (Fsp3) is 0.889. The molecule has 0 aromatic rings. The fourth-order valence-electron chi connectivity index (χ4n) is 1.81. The second kappa shape index (κ2) is 4.38. The van der Waals surface area contributed by atoms with Crippen molar-refractivity contribution < 1.29 is 18.0 Å². The van der Waals surface area contributed by atoms with Gasteiger partial charge in [0.2, 0.25) is 5.91 Å². The summed E-state index contributed by atoms with van der Waals surface area (Å²) in [5.74, 6) is -0.363. The van der Waals surface area contributed by atoms with Crippen LogP contribution in [0.25, 0.3) is 0 Å². The molecule has 1 rings (SSSR count). The number of carbonyl (C=O) groups is 1. The van der Waals surface area contributed by atoms with Crippen LogP contribution in [0, 0.1) is 0 Å². The van der Waals surface area contributed by atoms with Gasteiger partial charge in [0.05, 0.1) is 12.5 Å². The molecule has 0 aliphatic carbocycles. The van der Waals surface area contributed by atoms with Crippen molar-refractivity contribution in [2.24, 2.45) is 5.73 Å². The van der Waals surface area contributed by atoms with Gasteiger partial charge in [-0.2, -0.15) is 13.2 Å². The number of halogens is 3. The van der Waals surface area contributed by atoms with Crippen molar-refractivity contribution in [2.45, 2.75) is 44.4 Å². The van der Waals surface area contributed by atoms with Crippen molar-refractivity contribution in [3.8, 4) is 0 Å². The number of piperidine rings is 1. The Hall–Kier alpha value is -0.780. The first-order valence-corrected chi connectivity index (χ1v) is 4.94. The highest BCUT2D eigenvalue weighted by Crippen LogP contribution is 2.25. The summed E-state index contributed by atoms with van der Waals surface area (Å²) >= 11 is 0. The molecule has 2 atom stereocenters. The summed E-state index contributed by atoms with van der Waals surface area (Å²) in [6.45, 7) is 1.78. The van der Waals surface area contributed by atoms with Crippen LogP contribution in [0.5, 0.6) is 0 Å². The van der Waals surface area contributed by atoms with Crippen molar-refractivity contribution in [1.82, 2.24) is 4.90 Å². The monoisotopic (exact) mass is 224 g/mol. The zero-order chi connectivity index (χ0) is 11.6. The van der Waals surface area contributed by atoms with Crippen LogP contribution in [0.3, 0.4) is 0 Å². The Kier molecular flexibility index (Phi) is 3.59. The largest absolute Gasteiger partial charge is 0.391 e. The molecule has 1 aliphatic heterocycles. The maximum atomic E-state index is 12.1. The molecule has 0 aromatic carbocycles. The van der Waals surface area contributed by atoms with E-state index in [-0.39, 0.29) is 5.91 Å². The Morgan fingerprint density at radius 2 is 2.20 bits per heavy atom. The van der Waals surface area contributed by atoms with Gasteiger partial charge in [-0.25, -0.2) is 0 Å². The van der Waals surface area contributed by atoms with Crippen molar-refractivity contribution >= 4 is 5.91 Å². The first-order valence-electron chi connectivity index (χ1n) is 4.94. The number of nitrogens with two attached hydrogens (primary N) is 1. The zero-order valence-electron chi connectivity index (χ0n) is 8.55. The highest BCUT2D eigenvalue weighted by molar-refractivity contribution is 5.82. The lowest BCUT2D eigenvalue weighted by Gasteiger charge is -2.35. The van der Waals surface area contributed by atoms with Crippen molar-refractivity contribution in [3.05, 3.63) is 0 Å². The molecule has 0 spiro atoms. The fourth-order valence-corrected chi connectivity index (χ4v) is 1.81. The van der Waals surface area contributed by atoms with E-state index in [1.54, 1.807) is 0 Å². The van der Waals surface area contributed by atoms with Gasteiger partial charge in [-0.1, -0.05) is 0 Å². The summed E-state index contributed by atoms with van der Waals surface area (Å²) in [4.78, 5) is 12.7. The lowest BCUT2D eigenvalue weighted by Crippen LogP contribution is -2.52. The smallest absolute Gasteiger partial charge is 0.338 e. The number of nitrogens with zero attached hydrogens (tertiary/aromatic N) is 1. The standard InChI is InChI=1S/C9H15F3N2O/c1-6(5-9(10,11)12)14-4-2-3-7(13)8(14)15/h6-7H,2-5,13H2,1H3. The molecule has 6 heteroatoms. The highest BCUT2D eigenvalue weighted by Gasteiger charge is 2.36. The number of hydrogen-bond acceptors (Lipinski definition) is 2. The van der Waals surface area contributed by atoms with Gasteiger partial charge in [0.1, 0.15) is 0 Å². The van der Waals surface area contributed by atoms with E-state index in [1.807, 2.05) is 0 Å². The van der Waals surface area contributed by atoms with Gasteiger partial charge in [0.25, 0.3) is 0 Å². The van der Waals surface area contributed by atoms with E-state index in [4.69, 9.17) is 5.73 Å². The molecule has 88 valence electrons. The molecule has 0 radical (unpaired) electrons. The quantitative estimate of drug-likeness (QED) is 0.768. The summed E-state index contributed by atoms with van der Waals surface area (Å²) in [6.07, 6.45) is -3.96. The SMILES string of the molecule is CC(CC(F)(F)F)N1CCCC(N)C1=O. The summed E-state index contributed by atoms with van der Waals surface area (Å²) in [7, 11) is 0. The third kappa shape index (κ3) is 3.37. The van der Waals surface area contributed by atoms with Crippen molar-refractivity contribution in [3.63, 3.8) is 0 Å². The number of likely N-dealkylation sites (tertiary alicyclic amines) is 1. The number of carbonyl (C=O) groups excluding carboxylic acids is 1. The Labute approximate surface area is 86.4 Å². The molecule has 2 unspecified atom stereocenters. The molecule has 0 bridgehead atoms. The minimum atomic E-state index is -4.23. The minimum absolute atomic E-state index is 0.363. The zero-order valence-corrected chi connectivity index (χ0v) is 8.55. The Morgan fingerprint density at radius 1 is 1.60 bits per heavy atom. The lowest BCUT2D eigenvalue weighted by molar-refractivity contribution is -0.155. The van der Waals surface area contributed by atoms with E-state index < -0.39 is 24.7 Å². The number of alkyl halides is 3. The first kappa shape index (κ1) is 12.3. The van der Waals surface area contributed by atoms with Crippen LogP contribution in [0.4, 0.5) is 13.2 Å². The second-order valence-corrected chi connectivity index (χ2v) is 3.95. The van der Waals surface area contributed by atoms with Crippen LogP contribution in [0.2, 0.25) is 0 Å². The molecule has 1 saturated heterocycles. The maximum Gasteiger partial charge on any atom is 0.391 e. The summed E-state index contributed by atoms with van der Waals surface area (Å²) in [5.41, 5.74) is 5.50. The van der Waals surface area contributed by atoms with Crippen molar-refractivity contribution in [1.29, 1.82) is 0 Å². The number of hydrogen-bond donors (Lipinski definition) is 1. The predicted molar refractivity (Wildman–Crippen MR) is 49.1 cm³/mol. The van der Waals surface area contributed by atoms with E-state index >= 15 is 0 Å². The van der Waals surface area contributed by atoms with E-state index in [1.165, 1.54) is 11.8 Å². The second-order valence-electron chi connectivity index (χ2n) is 3.95. The molecule has 0 saturated carbocycles. The lowest BCUT2D eigenvalue weighted by atomic mass is 10.0. The maximum absolute atomic E-state index is 12.1. The summed E-state index contributed by atoms with van der Waals surface area (Å²) in [5, 5.41) is 0. The van der Waals surface area contributed by atoms with E-state index in [0.29, 0.717) is 19.4 Å². The molecular formula is C9H15F3N2O. The summed E-state index contributed by atoms with van der Waals surface area (Å²) < 4.78 is 36.3. The van der Waals surface area contributed by atoms with Crippen LogP contribution in [0.15, 0.2) is 0 Å². The third-order valence-corrected chi connectivity index (χ3v) is 2.57. The first-order chi connectivity index (χ1) is 6.81. The molecule has 1 heterocycles.